The Kier molecular flexibility index (Phi) is 6.00. The lowest BCUT2D eigenvalue weighted by Gasteiger charge is -2.12. The summed E-state index contributed by atoms with van der Waals surface area (Å²) in [6.45, 7) is 2.10. The molecule has 0 fully saturated rings. The highest BCUT2D eigenvalue weighted by Crippen LogP contribution is 2.22. The van der Waals surface area contributed by atoms with Crippen LogP contribution in [0.25, 0.3) is 11.1 Å². The van der Waals surface area contributed by atoms with Gasteiger partial charge in [0.05, 0.1) is 19.8 Å². The van der Waals surface area contributed by atoms with Crippen molar-refractivity contribution in [3.8, 4) is 16.9 Å². The third kappa shape index (κ3) is 5.00. The van der Waals surface area contributed by atoms with E-state index in [2.05, 4.69) is 10.6 Å². The molecule has 0 saturated carbocycles. The van der Waals surface area contributed by atoms with E-state index in [0.29, 0.717) is 6.54 Å². The van der Waals surface area contributed by atoms with Crippen LogP contribution in [0.5, 0.6) is 5.75 Å². The first-order valence-corrected chi connectivity index (χ1v) is 7.51. The monoisotopic (exact) mass is 314 g/mol. The number of urea groups is 1. The van der Waals surface area contributed by atoms with Crippen molar-refractivity contribution in [3.05, 3.63) is 54.1 Å². The summed E-state index contributed by atoms with van der Waals surface area (Å²) < 4.78 is 5.15. The summed E-state index contributed by atoms with van der Waals surface area (Å²) in [6, 6.07) is 15.3. The number of benzene rings is 2. The average Bonchev–Trinajstić information content (AvgIpc) is 2.60. The maximum Gasteiger partial charge on any atom is 0.315 e. The van der Waals surface area contributed by atoms with Crippen molar-refractivity contribution >= 4 is 6.03 Å². The Bertz CT molecular complexity index is 624. The Morgan fingerprint density at radius 1 is 1.09 bits per heavy atom. The number of hydrogen-bond acceptors (Lipinski definition) is 3. The molecule has 2 rings (SSSR count). The molecule has 3 N–H and O–H groups in total. The largest absolute Gasteiger partial charge is 0.497 e. The molecule has 0 heterocycles. The average molecular weight is 314 g/mol. The summed E-state index contributed by atoms with van der Waals surface area (Å²) >= 11 is 0. The van der Waals surface area contributed by atoms with E-state index < -0.39 is 0 Å². The molecule has 0 aliphatic heterocycles. The van der Waals surface area contributed by atoms with Gasteiger partial charge in [-0.3, -0.25) is 0 Å². The second kappa shape index (κ2) is 8.19. The van der Waals surface area contributed by atoms with Crippen LogP contribution in [0, 0.1) is 0 Å². The Morgan fingerprint density at radius 3 is 2.17 bits per heavy atom. The van der Waals surface area contributed by atoms with Gasteiger partial charge in [-0.15, -0.1) is 0 Å². The van der Waals surface area contributed by atoms with Gasteiger partial charge in [-0.2, -0.15) is 0 Å². The van der Waals surface area contributed by atoms with Crippen LogP contribution in [0.3, 0.4) is 0 Å². The summed E-state index contributed by atoms with van der Waals surface area (Å²) in [5, 5.41) is 14.3. The lowest BCUT2D eigenvalue weighted by molar-refractivity contribution is 0.220. The molecule has 1 unspecified atom stereocenters. The Labute approximate surface area is 136 Å². The fourth-order valence-electron chi connectivity index (χ4n) is 2.10. The molecule has 0 saturated heterocycles. The fraction of sp³-hybridized carbons (Fsp3) is 0.278. The molecular weight excluding hydrogens is 292 g/mol. The normalized spacial score (nSPS) is 11.6. The highest BCUT2D eigenvalue weighted by atomic mass is 16.5. The van der Waals surface area contributed by atoms with Gasteiger partial charge in [0.1, 0.15) is 5.75 Å². The molecule has 5 heteroatoms. The first kappa shape index (κ1) is 16.8. The maximum absolute atomic E-state index is 11.6. The third-order valence-electron chi connectivity index (χ3n) is 3.48. The number of carbonyl (C=O) groups excluding carboxylic acids is 1. The van der Waals surface area contributed by atoms with Gasteiger partial charge >= 0.3 is 6.03 Å². The van der Waals surface area contributed by atoms with Crippen molar-refractivity contribution in [2.75, 3.05) is 13.7 Å². The first-order valence-electron chi connectivity index (χ1n) is 7.51. The summed E-state index contributed by atoms with van der Waals surface area (Å²) in [6.07, 6.45) is 0. The van der Waals surface area contributed by atoms with Crippen LogP contribution in [0.2, 0.25) is 0 Å². The zero-order chi connectivity index (χ0) is 16.7. The molecule has 2 aromatic rings. The summed E-state index contributed by atoms with van der Waals surface area (Å²) in [7, 11) is 1.65. The number of hydrogen-bond donors (Lipinski definition) is 3. The second-order valence-electron chi connectivity index (χ2n) is 5.34. The van der Waals surface area contributed by atoms with E-state index in [1.54, 1.807) is 14.0 Å². The standard InChI is InChI=1S/C18H22N2O3/c1-13(12-21)20-18(22)19-11-14-3-5-15(6-4-14)16-7-9-17(23-2)10-8-16/h3-10,13,21H,11-12H2,1-2H3,(H2,19,20,22). The molecule has 5 nitrogen and oxygen atoms in total. The van der Waals surface area contributed by atoms with Gasteiger partial charge in [0.2, 0.25) is 0 Å². The van der Waals surface area contributed by atoms with Gasteiger partial charge in [-0.05, 0) is 35.7 Å². The molecule has 0 aliphatic carbocycles. The van der Waals surface area contributed by atoms with E-state index in [-0.39, 0.29) is 18.7 Å². The predicted molar refractivity (Wildman–Crippen MR) is 90.3 cm³/mol. The van der Waals surface area contributed by atoms with Crippen molar-refractivity contribution in [2.24, 2.45) is 0 Å². The van der Waals surface area contributed by atoms with E-state index >= 15 is 0 Å². The van der Waals surface area contributed by atoms with Gasteiger partial charge in [-0.1, -0.05) is 36.4 Å². The van der Waals surface area contributed by atoms with E-state index in [1.165, 1.54) is 0 Å². The summed E-state index contributed by atoms with van der Waals surface area (Å²) in [4.78, 5) is 11.6. The van der Waals surface area contributed by atoms with Gasteiger partial charge in [-0.25, -0.2) is 4.79 Å². The molecule has 0 spiro atoms. The summed E-state index contributed by atoms with van der Waals surface area (Å²) in [5.41, 5.74) is 3.23. The van der Waals surface area contributed by atoms with E-state index in [0.717, 1.165) is 22.4 Å². The number of aliphatic hydroxyl groups excluding tert-OH is 1. The molecule has 23 heavy (non-hydrogen) atoms. The van der Waals surface area contributed by atoms with Crippen LogP contribution < -0.4 is 15.4 Å². The van der Waals surface area contributed by atoms with Crippen molar-refractivity contribution in [3.63, 3.8) is 0 Å². The number of nitrogens with one attached hydrogen (secondary N) is 2. The van der Waals surface area contributed by atoms with Gasteiger partial charge < -0.3 is 20.5 Å². The number of amides is 2. The van der Waals surface area contributed by atoms with Crippen LogP contribution in [-0.2, 0) is 6.54 Å². The highest BCUT2D eigenvalue weighted by Gasteiger charge is 2.05. The maximum atomic E-state index is 11.6. The Balaban J connectivity index is 1.92. The fourth-order valence-corrected chi connectivity index (χ4v) is 2.10. The van der Waals surface area contributed by atoms with Crippen molar-refractivity contribution in [1.82, 2.24) is 10.6 Å². The Hall–Kier alpha value is -2.53. The van der Waals surface area contributed by atoms with Crippen molar-refractivity contribution in [1.29, 1.82) is 0 Å². The minimum Gasteiger partial charge on any atom is -0.497 e. The van der Waals surface area contributed by atoms with Crippen LogP contribution in [-0.4, -0.2) is 30.9 Å². The van der Waals surface area contributed by atoms with Crippen LogP contribution in [0.15, 0.2) is 48.5 Å². The van der Waals surface area contributed by atoms with Gasteiger partial charge in [0, 0.05) is 6.54 Å². The lowest BCUT2D eigenvalue weighted by Crippen LogP contribution is -2.41. The zero-order valence-corrected chi connectivity index (χ0v) is 13.4. The quantitative estimate of drug-likeness (QED) is 0.767. The third-order valence-corrected chi connectivity index (χ3v) is 3.48. The second-order valence-corrected chi connectivity index (χ2v) is 5.34. The van der Waals surface area contributed by atoms with Gasteiger partial charge in [0.15, 0.2) is 0 Å². The first-order chi connectivity index (χ1) is 11.1. The van der Waals surface area contributed by atoms with Gasteiger partial charge in [0.25, 0.3) is 0 Å². The molecule has 1 atom stereocenters. The minimum absolute atomic E-state index is 0.0794. The molecule has 0 bridgehead atoms. The highest BCUT2D eigenvalue weighted by molar-refractivity contribution is 5.74. The molecule has 0 aromatic heterocycles. The smallest absolute Gasteiger partial charge is 0.315 e. The molecule has 0 aliphatic rings. The molecule has 2 amide bonds. The van der Waals surface area contributed by atoms with Crippen molar-refractivity contribution in [2.45, 2.75) is 19.5 Å². The van der Waals surface area contributed by atoms with Crippen molar-refractivity contribution < 1.29 is 14.6 Å². The predicted octanol–water partition coefficient (Wildman–Crippen LogP) is 2.54. The summed E-state index contributed by atoms with van der Waals surface area (Å²) in [5.74, 6) is 0.831. The van der Waals surface area contributed by atoms with E-state index in [4.69, 9.17) is 9.84 Å². The van der Waals surface area contributed by atoms with Crippen LogP contribution >= 0.6 is 0 Å². The molecular formula is C18H22N2O3. The SMILES string of the molecule is COc1ccc(-c2ccc(CNC(=O)NC(C)CO)cc2)cc1. The number of rotatable bonds is 6. The molecule has 122 valence electrons. The lowest BCUT2D eigenvalue weighted by atomic mass is 10.0. The van der Waals surface area contributed by atoms with Crippen LogP contribution in [0.4, 0.5) is 4.79 Å². The minimum atomic E-state index is -0.286. The number of aliphatic hydroxyl groups is 1. The molecule has 2 aromatic carbocycles. The number of carbonyl (C=O) groups is 1. The van der Waals surface area contributed by atoms with Crippen LogP contribution in [0.1, 0.15) is 12.5 Å². The number of ether oxygens (including phenoxy) is 1. The topological polar surface area (TPSA) is 70.6 Å². The van der Waals surface area contributed by atoms with E-state index in [1.807, 2.05) is 48.5 Å². The molecule has 0 radical (unpaired) electrons. The zero-order valence-electron chi connectivity index (χ0n) is 13.4. The number of methoxy groups -OCH3 is 1. The Morgan fingerprint density at radius 2 is 1.65 bits per heavy atom. The van der Waals surface area contributed by atoms with E-state index in [9.17, 15) is 4.79 Å².